The van der Waals surface area contributed by atoms with E-state index in [2.05, 4.69) is 35.1 Å². The van der Waals surface area contributed by atoms with Crippen LogP contribution in [0.5, 0.6) is 0 Å². The van der Waals surface area contributed by atoms with E-state index >= 15 is 0 Å². The second kappa shape index (κ2) is 5.11. The van der Waals surface area contributed by atoms with Gasteiger partial charge in [0.05, 0.1) is 4.58 Å². The van der Waals surface area contributed by atoms with Gasteiger partial charge in [0, 0.05) is 14.8 Å². The first-order valence-electron chi connectivity index (χ1n) is 5.14. The monoisotopic (exact) mass is 296 g/mol. The fraction of sp³-hybridized carbons (Fsp3) is 0.0769. The topological polar surface area (TPSA) is 0 Å². The molecule has 2 heterocycles. The van der Waals surface area contributed by atoms with Crippen molar-refractivity contribution in [2.24, 2.45) is 0 Å². The Labute approximate surface area is 118 Å². The van der Waals surface area contributed by atoms with Crippen molar-refractivity contribution in [1.82, 2.24) is 0 Å². The lowest BCUT2D eigenvalue weighted by Crippen LogP contribution is -1.83. The molecule has 0 bridgehead atoms. The molecule has 1 aliphatic heterocycles. The predicted molar refractivity (Wildman–Crippen MR) is 81.7 cm³/mol. The number of hydrogen-bond donors (Lipinski definition) is 0. The number of hydrogen-bond acceptors (Lipinski definition) is 3. The van der Waals surface area contributed by atoms with Crippen LogP contribution in [0.25, 0.3) is 4.91 Å². The molecule has 0 fully saturated rings. The van der Waals surface area contributed by atoms with E-state index < -0.39 is 0 Å². The van der Waals surface area contributed by atoms with Gasteiger partial charge in [0.1, 0.15) is 0 Å². The fourth-order valence-corrected chi connectivity index (χ4v) is 5.21. The Hall–Kier alpha value is -0.350. The average Bonchev–Trinajstić information content (AvgIpc) is 3.00. The molecule has 0 spiro atoms. The Morgan fingerprint density at radius 1 is 1.06 bits per heavy atom. The zero-order chi connectivity index (χ0) is 11.7. The highest BCUT2D eigenvalue weighted by Gasteiger charge is 2.21. The molecule has 1 unspecified atom stereocenters. The van der Waals surface area contributed by atoms with Crippen molar-refractivity contribution >= 4 is 51.4 Å². The molecule has 1 aromatic heterocycles. The molecule has 1 atom stereocenters. The Bertz CT molecular complexity index is 528. The Kier molecular flexibility index (Phi) is 3.52. The summed E-state index contributed by atoms with van der Waals surface area (Å²) in [6, 6.07) is 12.4. The largest absolute Gasteiger partial charge is 0.143 e. The summed E-state index contributed by atoms with van der Waals surface area (Å²) in [6.07, 6.45) is 0. The molecule has 0 nitrogen and oxygen atoms in total. The van der Waals surface area contributed by atoms with Gasteiger partial charge in [-0.05, 0) is 34.6 Å². The van der Waals surface area contributed by atoms with Crippen LogP contribution >= 0.6 is 46.5 Å². The summed E-state index contributed by atoms with van der Waals surface area (Å²) in [7, 11) is 0. The van der Waals surface area contributed by atoms with Gasteiger partial charge in [-0.3, -0.25) is 0 Å². The molecular weight excluding hydrogens is 288 g/mol. The van der Waals surface area contributed by atoms with Gasteiger partial charge >= 0.3 is 0 Å². The van der Waals surface area contributed by atoms with Crippen molar-refractivity contribution in [3.05, 3.63) is 62.6 Å². The SMILES string of the molecule is Clc1ccc(C2SC=C(c3cccs3)S2)cc1. The molecule has 3 rings (SSSR count). The van der Waals surface area contributed by atoms with Crippen molar-refractivity contribution < 1.29 is 0 Å². The highest BCUT2D eigenvalue weighted by atomic mass is 35.5. The quantitative estimate of drug-likeness (QED) is 0.679. The van der Waals surface area contributed by atoms with Crippen LogP contribution in [0.1, 0.15) is 15.0 Å². The first-order chi connectivity index (χ1) is 8.33. The van der Waals surface area contributed by atoms with Crippen molar-refractivity contribution in [2.75, 3.05) is 0 Å². The average molecular weight is 297 g/mol. The fourth-order valence-electron chi connectivity index (χ4n) is 1.60. The summed E-state index contributed by atoms with van der Waals surface area (Å²) in [6.45, 7) is 0. The van der Waals surface area contributed by atoms with Gasteiger partial charge in [-0.1, -0.05) is 29.8 Å². The van der Waals surface area contributed by atoms with Crippen LogP contribution in [-0.4, -0.2) is 0 Å². The third-order valence-corrected chi connectivity index (χ3v) is 6.46. The zero-order valence-corrected chi connectivity index (χ0v) is 12.0. The van der Waals surface area contributed by atoms with Crippen molar-refractivity contribution in [1.29, 1.82) is 0 Å². The van der Waals surface area contributed by atoms with E-state index in [0.717, 1.165) is 5.02 Å². The Morgan fingerprint density at radius 2 is 1.88 bits per heavy atom. The maximum Gasteiger partial charge on any atom is 0.0840 e. The molecule has 0 saturated carbocycles. The van der Waals surface area contributed by atoms with E-state index in [1.54, 1.807) is 11.3 Å². The van der Waals surface area contributed by atoms with Crippen molar-refractivity contribution in [3.63, 3.8) is 0 Å². The minimum Gasteiger partial charge on any atom is -0.143 e. The second-order valence-electron chi connectivity index (χ2n) is 3.60. The summed E-state index contributed by atoms with van der Waals surface area (Å²) in [5.74, 6) is 0. The van der Waals surface area contributed by atoms with Crippen LogP contribution in [0.3, 0.4) is 0 Å². The number of benzene rings is 1. The zero-order valence-electron chi connectivity index (χ0n) is 8.80. The molecule has 86 valence electrons. The molecule has 1 aliphatic rings. The van der Waals surface area contributed by atoms with E-state index in [-0.39, 0.29) is 0 Å². The van der Waals surface area contributed by atoms with Gasteiger partial charge in [0.25, 0.3) is 0 Å². The lowest BCUT2D eigenvalue weighted by atomic mass is 10.2. The van der Waals surface area contributed by atoms with E-state index in [4.69, 9.17) is 11.6 Å². The van der Waals surface area contributed by atoms with Crippen molar-refractivity contribution in [2.45, 2.75) is 4.58 Å². The van der Waals surface area contributed by atoms with Gasteiger partial charge in [0.2, 0.25) is 0 Å². The van der Waals surface area contributed by atoms with Gasteiger partial charge in [-0.2, -0.15) is 0 Å². The van der Waals surface area contributed by atoms with Crippen molar-refractivity contribution in [3.8, 4) is 0 Å². The Morgan fingerprint density at radius 3 is 2.59 bits per heavy atom. The third kappa shape index (κ3) is 2.58. The first kappa shape index (κ1) is 11.7. The molecule has 2 aromatic rings. The molecule has 4 heteroatoms. The normalized spacial score (nSPS) is 19.4. The second-order valence-corrected chi connectivity index (χ2v) is 7.41. The third-order valence-electron chi connectivity index (χ3n) is 2.44. The summed E-state index contributed by atoms with van der Waals surface area (Å²) in [5, 5.41) is 5.18. The van der Waals surface area contributed by atoms with E-state index in [1.165, 1.54) is 15.3 Å². The highest BCUT2D eigenvalue weighted by molar-refractivity contribution is 8.25. The standard InChI is InChI=1S/C13H9ClS3/c14-10-5-3-9(4-6-10)13-16-8-12(17-13)11-2-1-7-15-11/h1-8,13H. The van der Waals surface area contributed by atoms with E-state index in [0.29, 0.717) is 4.58 Å². The molecular formula is C13H9ClS3. The van der Waals surface area contributed by atoms with Crippen LogP contribution in [0.2, 0.25) is 5.02 Å². The molecule has 0 saturated heterocycles. The maximum absolute atomic E-state index is 5.90. The number of thioether (sulfide) groups is 2. The van der Waals surface area contributed by atoms with Gasteiger partial charge in [-0.15, -0.1) is 34.9 Å². The van der Waals surface area contributed by atoms with Gasteiger partial charge < -0.3 is 0 Å². The summed E-state index contributed by atoms with van der Waals surface area (Å²) >= 11 is 11.5. The number of thiophene rings is 1. The van der Waals surface area contributed by atoms with Gasteiger partial charge in [0.15, 0.2) is 0 Å². The molecule has 17 heavy (non-hydrogen) atoms. The molecule has 0 amide bonds. The minimum atomic E-state index is 0.462. The first-order valence-corrected chi connectivity index (χ1v) is 8.22. The summed E-state index contributed by atoms with van der Waals surface area (Å²) in [5.41, 5.74) is 1.33. The summed E-state index contributed by atoms with van der Waals surface area (Å²) < 4.78 is 0.462. The number of rotatable bonds is 2. The molecule has 1 aromatic carbocycles. The predicted octanol–water partition coefficient (Wildman–Crippen LogP) is 5.88. The lowest BCUT2D eigenvalue weighted by molar-refractivity contribution is 1.40. The molecule has 0 aliphatic carbocycles. The lowest BCUT2D eigenvalue weighted by Gasteiger charge is -2.08. The van der Waals surface area contributed by atoms with Gasteiger partial charge in [-0.25, -0.2) is 0 Å². The van der Waals surface area contributed by atoms with Crippen LogP contribution in [0.15, 0.2) is 47.2 Å². The van der Waals surface area contributed by atoms with Crippen LogP contribution in [-0.2, 0) is 0 Å². The highest BCUT2D eigenvalue weighted by Crippen LogP contribution is 2.54. The summed E-state index contributed by atoms with van der Waals surface area (Å²) in [4.78, 5) is 2.74. The molecule has 0 N–H and O–H groups in total. The number of halogens is 1. The molecule has 0 radical (unpaired) electrons. The van der Waals surface area contributed by atoms with Crippen LogP contribution in [0, 0.1) is 0 Å². The van der Waals surface area contributed by atoms with E-state index in [1.807, 2.05) is 35.7 Å². The Balaban J connectivity index is 1.76. The van der Waals surface area contributed by atoms with E-state index in [9.17, 15) is 0 Å². The minimum absolute atomic E-state index is 0.462. The van der Waals surface area contributed by atoms with Crippen LogP contribution < -0.4 is 0 Å². The maximum atomic E-state index is 5.90. The van der Waals surface area contributed by atoms with Crippen LogP contribution in [0.4, 0.5) is 0 Å². The smallest absolute Gasteiger partial charge is 0.0840 e.